The number of hydrogen-bond donors (Lipinski definition) is 1. The van der Waals surface area contributed by atoms with E-state index in [-0.39, 0.29) is 0 Å². The summed E-state index contributed by atoms with van der Waals surface area (Å²) in [5, 5.41) is 8.07. The predicted molar refractivity (Wildman–Crippen MR) is 74.8 cm³/mol. The van der Waals surface area contributed by atoms with Gasteiger partial charge >= 0.3 is 0 Å². The molecule has 0 amide bonds. The molecule has 4 heteroatoms. The summed E-state index contributed by atoms with van der Waals surface area (Å²) in [7, 11) is 1.75. The molecule has 18 heavy (non-hydrogen) atoms. The van der Waals surface area contributed by atoms with Crippen LogP contribution in [0.1, 0.15) is 43.1 Å². The van der Waals surface area contributed by atoms with Gasteiger partial charge in [0.25, 0.3) is 0 Å². The van der Waals surface area contributed by atoms with E-state index >= 15 is 0 Å². The summed E-state index contributed by atoms with van der Waals surface area (Å²) in [6.07, 6.45) is 3.39. The topological polar surface area (TPSA) is 39.1 Å². The average Bonchev–Trinajstić information content (AvgIpc) is 2.62. The standard InChI is InChI=1S/C14H27N3O/c1-5-8-15-11-14-12(2)16-17(13(14)3)9-6-7-10-18-4/h15H,5-11H2,1-4H3. The SMILES string of the molecule is CCCNCc1c(C)nn(CCCCOC)c1C. The quantitative estimate of drug-likeness (QED) is 0.687. The zero-order chi connectivity index (χ0) is 13.4. The number of methoxy groups -OCH3 is 1. The molecule has 0 spiro atoms. The van der Waals surface area contributed by atoms with Gasteiger partial charge in [0.15, 0.2) is 0 Å². The number of ether oxygens (including phenoxy) is 1. The molecule has 0 bridgehead atoms. The van der Waals surface area contributed by atoms with Crippen LogP contribution in [0.5, 0.6) is 0 Å². The van der Waals surface area contributed by atoms with Crippen molar-refractivity contribution in [3.8, 4) is 0 Å². The lowest BCUT2D eigenvalue weighted by Crippen LogP contribution is -2.15. The number of aryl methyl sites for hydroxylation is 2. The van der Waals surface area contributed by atoms with Crippen LogP contribution < -0.4 is 5.32 Å². The van der Waals surface area contributed by atoms with E-state index in [1.807, 2.05) is 0 Å². The minimum atomic E-state index is 0.838. The maximum Gasteiger partial charge on any atom is 0.0641 e. The third kappa shape index (κ3) is 4.42. The molecule has 0 aliphatic rings. The van der Waals surface area contributed by atoms with Gasteiger partial charge in [0.05, 0.1) is 5.69 Å². The van der Waals surface area contributed by atoms with Crippen molar-refractivity contribution in [1.82, 2.24) is 15.1 Å². The highest BCUT2D eigenvalue weighted by atomic mass is 16.5. The highest BCUT2D eigenvalue weighted by Gasteiger charge is 2.10. The van der Waals surface area contributed by atoms with Crippen molar-refractivity contribution < 1.29 is 4.74 Å². The van der Waals surface area contributed by atoms with Crippen molar-refractivity contribution in [2.24, 2.45) is 0 Å². The van der Waals surface area contributed by atoms with Crippen molar-refractivity contribution in [3.05, 3.63) is 17.0 Å². The molecule has 0 aromatic carbocycles. The molecule has 0 aliphatic heterocycles. The fraction of sp³-hybridized carbons (Fsp3) is 0.786. The van der Waals surface area contributed by atoms with Gasteiger partial charge in [0.2, 0.25) is 0 Å². The van der Waals surface area contributed by atoms with Crippen molar-refractivity contribution in [2.75, 3.05) is 20.3 Å². The third-order valence-corrected chi connectivity index (χ3v) is 3.23. The molecule has 0 unspecified atom stereocenters. The van der Waals surface area contributed by atoms with Gasteiger partial charge in [-0.1, -0.05) is 6.92 Å². The van der Waals surface area contributed by atoms with Gasteiger partial charge < -0.3 is 10.1 Å². The second kappa shape index (κ2) is 8.27. The van der Waals surface area contributed by atoms with Crippen LogP contribution in [0, 0.1) is 13.8 Å². The molecule has 0 fully saturated rings. The van der Waals surface area contributed by atoms with E-state index in [0.29, 0.717) is 0 Å². The first-order valence-corrected chi connectivity index (χ1v) is 6.93. The van der Waals surface area contributed by atoms with Crippen LogP contribution in [-0.2, 0) is 17.8 Å². The van der Waals surface area contributed by atoms with Crippen LogP contribution in [-0.4, -0.2) is 30.0 Å². The molecule has 0 aliphatic carbocycles. The zero-order valence-corrected chi connectivity index (χ0v) is 12.3. The Morgan fingerprint density at radius 3 is 2.72 bits per heavy atom. The lowest BCUT2D eigenvalue weighted by molar-refractivity contribution is 0.191. The van der Waals surface area contributed by atoms with E-state index < -0.39 is 0 Å². The second-order valence-electron chi connectivity index (χ2n) is 4.75. The first-order valence-electron chi connectivity index (χ1n) is 6.93. The molecule has 1 aromatic heterocycles. The summed E-state index contributed by atoms with van der Waals surface area (Å²) in [4.78, 5) is 0. The van der Waals surface area contributed by atoms with Crippen LogP contribution in [0.15, 0.2) is 0 Å². The van der Waals surface area contributed by atoms with Gasteiger partial charge in [-0.05, 0) is 39.7 Å². The number of hydrogen-bond acceptors (Lipinski definition) is 3. The third-order valence-electron chi connectivity index (χ3n) is 3.23. The molecular formula is C14H27N3O. The molecule has 1 rings (SSSR count). The Bertz CT molecular complexity index is 347. The van der Waals surface area contributed by atoms with Crippen LogP contribution in [0.3, 0.4) is 0 Å². The van der Waals surface area contributed by atoms with Gasteiger partial charge in [0.1, 0.15) is 0 Å². The largest absolute Gasteiger partial charge is 0.385 e. The molecule has 0 saturated carbocycles. The van der Waals surface area contributed by atoms with Crippen LogP contribution in [0.4, 0.5) is 0 Å². The van der Waals surface area contributed by atoms with E-state index in [2.05, 4.69) is 35.9 Å². The van der Waals surface area contributed by atoms with Gasteiger partial charge in [0, 0.05) is 38.1 Å². The van der Waals surface area contributed by atoms with Gasteiger partial charge in [-0.3, -0.25) is 4.68 Å². The van der Waals surface area contributed by atoms with E-state index in [1.54, 1.807) is 7.11 Å². The van der Waals surface area contributed by atoms with Crippen molar-refractivity contribution in [3.63, 3.8) is 0 Å². The number of nitrogens with one attached hydrogen (secondary N) is 1. The van der Waals surface area contributed by atoms with E-state index in [0.717, 1.165) is 44.8 Å². The maximum absolute atomic E-state index is 5.06. The minimum Gasteiger partial charge on any atom is -0.385 e. The Morgan fingerprint density at radius 1 is 1.28 bits per heavy atom. The predicted octanol–water partition coefficient (Wildman–Crippen LogP) is 2.43. The second-order valence-corrected chi connectivity index (χ2v) is 4.75. The first kappa shape index (κ1) is 15.2. The van der Waals surface area contributed by atoms with Crippen LogP contribution in [0.2, 0.25) is 0 Å². The number of nitrogens with zero attached hydrogens (tertiary/aromatic N) is 2. The number of aromatic nitrogens is 2. The smallest absolute Gasteiger partial charge is 0.0641 e. The molecule has 104 valence electrons. The molecule has 4 nitrogen and oxygen atoms in total. The molecule has 1 N–H and O–H groups in total. The molecular weight excluding hydrogens is 226 g/mol. The maximum atomic E-state index is 5.06. The normalized spacial score (nSPS) is 11.1. The van der Waals surface area contributed by atoms with E-state index in [1.165, 1.54) is 17.7 Å². The summed E-state index contributed by atoms with van der Waals surface area (Å²) in [5.41, 5.74) is 3.81. The first-order chi connectivity index (χ1) is 8.70. The monoisotopic (exact) mass is 253 g/mol. The van der Waals surface area contributed by atoms with E-state index in [9.17, 15) is 0 Å². The summed E-state index contributed by atoms with van der Waals surface area (Å²) in [5.74, 6) is 0. The zero-order valence-electron chi connectivity index (χ0n) is 12.3. The number of unbranched alkanes of at least 4 members (excludes halogenated alkanes) is 1. The molecule has 0 radical (unpaired) electrons. The summed E-state index contributed by atoms with van der Waals surface area (Å²) in [6.45, 7) is 10.3. The van der Waals surface area contributed by atoms with Crippen LogP contribution >= 0.6 is 0 Å². The molecule has 0 saturated heterocycles. The highest BCUT2D eigenvalue weighted by Crippen LogP contribution is 2.13. The minimum absolute atomic E-state index is 0.838. The van der Waals surface area contributed by atoms with Gasteiger partial charge in [-0.25, -0.2) is 0 Å². The lowest BCUT2D eigenvalue weighted by atomic mass is 10.2. The Balaban J connectivity index is 2.51. The Morgan fingerprint density at radius 2 is 2.06 bits per heavy atom. The Kier molecular flexibility index (Phi) is 6.98. The Labute approximate surface area is 111 Å². The summed E-state index contributed by atoms with van der Waals surface area (Å²) >= 11 is 0. The fourth-order valence-electron chi connectivity index (χ4n) is 2.11. The summed E-state index contributed by atoms with van der Waals surface area (Å²) < 4.78 is 7.20. The average molecular weight is 253 g/mol. The number of rotatable bonds is 9. The summed E-state index contributed by atoms with van der Waals surface area (Å²) in [6, 6.07) is 0. The highest BCUT2D eigenvalue weighted by molar-refractivity contribution is 5.24. The van der Waals surface area contributed by atoms with E-state index in [4.69, 9.17) is 4.74 Å². The fourth-order valence-corrected chi connectivity index (χ4v) is 2.11. The van der Waals surface area contributed by atoms with Crippen molar-refractivity contribution in [1.29, 1.82) is 0 Å². The molecule has 1 heterocycles. The van der Waals surface area contributed by atoms with Crippen molar-refractivity contribution in [2.45, 2.75) is 53.1 Å². The Hall–Kier alpha value is -0.870. The van der Waals surface area contributed by atoms with Gasteiger partial charge in [-0.2, -0.15) is 5.10 Å². The molecule has 1 aromatic rings. The lowest BCUT2D eigenvalue weighted by Gasteiger charge is -2.06. The molecule has 0 atom stereocenters. The van der Waals surface area contributed by atoms with Crippen LogP contribution in [0.25, 0.3) is 0 Å². The van der Waals surface area contributed by atoms with Gasteiger partial charge in [-0.15, -0.1) is 0 Å². The van der Waals surface area contributed by atoms with Crippen molar-refractivity contribution >= 4 is 0 Å².